The average Bonchev–Trinajstić information content (AvgIpc) is 2.71. The third kappa shape index (κ3) is 4.26. The van der Waals surface area contributed by atoms with Gasteiger partial charge in [0.05, 0.1) is 31.8 Å². The fourth-order valence-corrected chi connectivity index (χ4v) is 3.15. The minimum absolute atomic E-state index is 0.0452. The first-order valence-electron chi connectivity index (χ1n) is 8.90. The van der Waals surface area contributed by atoms with Crippen molar-refractivity contribution in [3.63, 3.8) is 0 Å². The number of methoxy groups -OCH3 is 2. The number of amides is 1. The first kappa shape index (κ1) is 18.9. The van der Waals surface area contributed by atoms with E-state index in [1.165, 1.54) is 0 Å². The number of hydrogen-bond acceptors (Lipinski definition) is 4. The van der Waals surface area contributed by atoms with Gasteiger partial charge in [-0.2, -0.15) is 0 Å². The fraction of sp³-hybridized carbons (Fsp3) is 0.273. The van der Waals surface area contributed by atoms with Gasteiger partial charge < -0.3 is 14.4 Å². The highest BCUT2D eigenvalue weighted by Crippen LogP contribution is 2.23. The van der Waals surface area contributed by atoms with Crippen molar-refractivity contribution in [1.29, 1.82) is 0 Å². The predicted molar refractivity (Wildman–Crippen MR) is 106 cm³/mol. The molecule has 1 heterocycles. The molecule has 0 fully saturated rings. The van der Waals surface area contributed by atoms with Gasteiger partial charge in [-0.1, -0.05) is 24.3 Å². The summed E-state index contributed by atoms with van der Waals surface area (Å²) in [5, 5.41) is 0.944. The van der Waals surface area contributed by atoms with E-state index in [0.717, 1.165) is 22.2 Å². The maximum absolute atomic E-state index is 13.3. The summed E-state index contributed by atoms with van der Waals surface area (Å²) < 4.78 is 10.8. The van der Waals surface area contributed by atoms with E-state index in [0.29, 0.717) is 18.7 Å². The molecule has 3 rings (SSSR count). The number of hydrogen-bond donors (Lipinski definition) is 0. The highest BCUT2D eigenvalue weighted by atomic mass is 16.5. The molecule has 1 aromatic heterocycles. The Hall–Kier alpha value is -2.92. The van der Waals surface area contributed by atoms with E-state index in [4.69, 9.17) is 9.47 Å². The minimum Gasteiger partial charge on any atom is -0.496 e. The van der Waals surface area contributed by atoms with Gasteiger partial charge in [0.2, 0.25) is 0 Å². The van der Waals surface area contributed by atoms with Gasteiger partial charge in [-0.25, -0.2) is 0 Å². The molecular weight excluding hydrogens is 340 g/mol. The van der Waals surface area contributed by atoms with E-state index in [1.807, 2.05) is 66.4 Å². The zero-order chi connectivity index (χ0) is 19.2. The number of pyridine rings is 1. The maximum atomic E-state index is 13.3. The summed E-state index contributed by atoms with van der Waals surface area (Å²) in [6.07, 6.45) is 1.75. The number of para-hydroxylation sites is 1. The van der Waals surface area contributed by atoms with Crippen molar-refractivity contribution < 1.29 is 14.3 Å². The molecule has 5 heteroatoms. The van der Waals surface area contributed by atoms with E-state index < -0.39 is 0 Å². The topological polar surface area (TPSA) is 51.7 Å². The standard InChI is InChI=1S/C22H24N2O3/c1-16(15-26-2)24(14-19-7-4-5-9-21(19)27-3)22(25)18-10-11-20-17(13-18)8-6-12-23-20/h4-13,16H,14-15H2,1-3H3. The molecule has 0 radical (unpaired) electrons. The number of rotatable bonds is 7. The van der Waals surface area contributed by atoms with E-state index in [9.17, 15) is 4.79 Å². The van der Waals surface area contributed by atoms with Crippen LogP contribution < -0.4 is 4.74 Å². The fourth-order valence-electron chi connectivity index (χ4n) is 3.15. The van der Waals surface area contributed by atoms with Gasteiger partial charge in [0, 0.05) is 29.8 Å². The maximum Gasteiger partial charge on any atom is 0.254 e. The highest BCUT2D eigenvalue weighted by Gasteiger charge is 2.23. The number of nitrogens with zero attached hydrogens (tertiary/aromatic N) is 2. The predicted octanol–water partition coefficient (Wildman–Crippen LogP) is 3.92. The van der Waals surface area contributed by atoms with Crippen LogP contribution in [0.1, 0.15) is 22.8 Å². The van der Waals surface area contributed by atoms with Crippen LogP contribution in [0.25, 0.3) is 10.9 Å². The molecule has 0 spiro atoms. The molecule has 3 aromatic rings. The Morgan fingerprint density at radius 2 is 1.93 bits per heavy atom. The van der Waals surface area contributed by atoms with Crippen LogP contribution >= 0.6 is 0 Å². The highest BCUT2D eigenvalue weighted by molar-refractivity contribution is 5.98. The van der Waals surface area contributed by atoms with E-state index in [-0.39, 0.29) is 11.9 Å². The minimum atomic E-state index is -0.0861. The Balaban J connectivity index is 1.94. The van der Waals surface area contributed by atoms with Crippen molar-refractivity contribution in [2.24, 2.45) is 0 Å². The van der Waals surface area contributed by atoms with Gasteiger partial charge in [0.1, 0.15) is 5.75 Å². The quantitative estimate of drug-likeness (QED) is 0.638. The molecule has 27 heavy (non-hydrogen) atoms. The number of carbonyl (C=O) groups excluding carboxylic acids is 1. The van der Waals surface area contributed by atoms with E-state index in [1.54, 1.807) is 20.4 Å². The molecule has 0 aliphatic rings. The zero-order valence-corrected chi connectivity index (χ0v) is 15.9. The van der Waals surface area contributed by atoms with Crippen LogP contribution in [0.2, 0.25) is 0 Å². The summed E-state index contributed by atoms with van der Waals surface area (Å²) in [6, 6.07) is 17.1. The van der Waals surface area contributed by atoms with Gasteiger partial charge in [-0.3, -0.25) is 9.78 Å². The van der Waals surface area contributed by atoms with Crippen molar-refractivity contribution in [3.8, 4) is 5.75 Å². The van der Waals surface area contributed by atoms with Crippen LogP contribution in [0.4, 0.5) is 0 Å². The van der Waals surface area contributed by atoms with Crippen molar-refractivity contribution in [2.75, 3.05) is 20.8 Å². The normalized spacial score (nSPS) is 12.0. The lowest BCUT2D eigenvalue weighted by Gasteiger charge is -2.29. The first-order chi connectivity index (χ1) is 13.1. The molecule has 0 aliphatic heterocycles. The second-order valence-corrected chi connectivity index (χ2v) is 6.46. The molecule has 140 valence electrons. The summed E-state index contributed by atoms with van der Waals surface area (Å²) in [7, 11) is 3.28. The molecule has 2 aromatic carbocycles. The van der Waals surface area contributed by atoms with Crippen LogP contribution in [0.5, 0.6) is 5.75 Å². The zero-order valence-electron chi connectivity index (χ0n) is 15.9. The van der Waals surface area contributed by atoms with Crippen LogP contribution in [-0.4, -0.2) is 42.7 Å². The Kier molecular flexibility index (Phi) is 6.04. The molecule has 0 N–H and O–H groups in total. The number of aromatic nitrogens is 1. The number of fused-ring (bicyclic) bond motifs is 1. The Bertz CT molecular complexity index is 926. The third-order valence-corrected chi connectivity index (χ3v) is 4.58. The van der Waals surface area contributed by atoms with Crippen molar-refractivity contribution in [2.45, 2.75) is 19.5 Å². The monoisotopic (exact) mass is 364 g/mol. The Morgan fingerprint density at radius 1 is 1.11 bits per heavy atom. The van der Waals surface area contributed by atoms with Crippen molar-refractivity contribution >= 4 is 16.8 Å². The molecule has 0 saturated heterocycles. The van der Waals surface area contributed by atoms with Gasteiger partial charge in [-0.15, -0.1) is 0 Å². The molecule has 0 aliphatic carbocycles. The molecule has 5 nitrogen and oxygen atoms in total. The van der Waals surface area contributed by atoms with E-state index >= 15 is 0 Å². The van der Waals surface area contributed by atoms with Gasteiger partial charge in [-0.05, 0) is 37.3 Å². The summed E-state index contributed by atoms with van der Waals surface area (Å²) in [6.45, 7) is 2.88. The number of benzene rings is 2. The molecule has 1 atom stereocenters. The van der Waals surface area contributed by atoms with Crippen LogP contribution in [0, 0.1) is 0 Å². The smallest absolute Gasteiger partial charge is 0.254 e. The summed E-state index contributed by atoms with van der Waals surface area (Å²) in [5.41, 5.74) is 2.46. The third-order valence-electron chi connectivity index (χ3n) is 4.58. The van der Waals surface area contributed by atoms with Crippen LogP contribution in [0.3, 0.4) is 0 Å². The summed E-state index contributed by atoms with van der Waals surface area (Å²) >= 11 is 0. The Morgan fingerprint density at radius 3 is 2.70 bits per heavy atom. The van der Waals surface area contributed by atoms with Crippen molar-refractivity contribution in [3.05, 3.63) is 71.9 Å². The van der Waals surface area contributed by atoms with Gasteiger partial charge in [0.15, 0.2) is 0 Å². The van der Waals surface area contributed by atoms with Gasteiger partial charge >= 0.3 is 0 Å². The lowest BCUT2D eigenvalue weighted by Crippen LogP contribution is -2.40. The molecular formula is C22H24N2O3. The lowest BCUT2D eigenvalue weighted by atomic mass is 10.1. The molecule has 1 unspecified atom stereocenters. The molecule has 0 bridgehead atoms. The van der Waals surface area contributed by atoms with E-state index in [2.05, 4.69) is 4.98 Å². The number of ether oxygens (including phenoxy) is 2. The van der Waals surface area contributed by atoms with Gasteiger partial charge in [0.25, 0.3) is 5.91 Å². The summed E-state index contributed by atoms with van der Waals surface area (Å²) in [4.78, 5) is 19.5. The number of carbonyl (C=O) groups is 1. The largest absolute Gasteiger partial charge is 0.496 e. The van der Waals surface area contributed by atoms with Crippen molar-refractivity contribution in [1.82, 2.24) is 9.88 Å². The molecule has 0 saturated carbocycles. The Labute approximate surface area is 159 Å². The second-order valence-electron chi connectivity index (χ2n) is 6.46. The summed E-state index contributed by atoms with van der Waals surface area (Å²) in [5.74, 6) is 0.721. The first-order valence-corrected chi connectivity index (χ1v) is 8.90. The average molecular weight is 364 g/mol. The second kappa shape index (κ2) is 8.64. The molecule has 1 amide bonds. The van der Waals surface area contributed by atoms with Crippen LogP contribution in [0.15, 0.2) is 60.8 Å². The lowest BCUT2D eigenvalue weighted by molar-refractivity contribution is 0.0540. The SMILES string of the molecule is COCC(C)N(Cc1ccccc1OC)C(=O)c1ccc2ncccc2c1. The van der Waals surface area contributed by atoms with Crippen LogP contribution in [-0.2, 0) is 11.3 Å².